The van der Waals surface area contributed by atoms with E-state index >= 15 is 0 Å². The Labute approximate surface area is 272 Å². The Bertz CT molecular complexity index is 1330. The molecule has 2 aliphatic rings. The summed E-state index contributed by atoms with van der Waals surface area (Å²) in [5.74, 6) is 0. The average molecular weight is 682 g/mol. The van der Waals surface area contributed by atoms with Gasteiger partial charge < -0.3 is 29.5 Å². The van der Waals surface area contributed by atoms with E-state index in [0.29, 0.717) is 31.9 Å². The summed E-state index contributed by atoms with van der Waals surface area (Å²) in [7, 11) is 0. The van der Waals surface area contributed by atoms with Gasteiger partial charge >= 0.3 is 12.2 Å². The first-order valence-electron chi connectivity index (χ1n) is 13.5. The van der Waals surface area contributed by atoms with Crippen LogP contribution in [0.1, 0.15) is 49.0 Å². The van der Waals surface area contributed by atoms with Crippen LogP contribution >= 0.6 is 34.8 Å². The molecule has 0 aromatic carbocycles. The molecule has 248 valence electrons. The number of ether oxygens (including phenoxy) is 2. The summed E-state index contributed by atoms with van der Waals surface area (Å²) in [6.45, 7) is 16.5. The lowest BCUT2D eigenvalue weighted by Crippen LogP contribution is -2.50. The number of anilines is 1. The Balaban J connectivity index is 0.000000359. The van der Waals surface area contributed by atoms with Crippen LogP contribution in [0.2, 0.25) is 15.1 Å². The molecule has 2 aromatic rings. The Morgan fingerprint density at radius 3 is 1.59 bits per heavy atom. The third-order valence-corrected chi connectivity index (χ3v) is 6.69. The van der Waals surface area contributed by atoms with Crippen LogP contribution in [0, 0.1) is 0 Å². The predicted octanol–water partition coefficient (Wildman–Crippen LogP) is 4.02. The molecule has 2 saturated heterocycles. The third-order valence-electron chi connectivity index (χ3n) is 5.57. The molecule has 2 aromatic heterocycles. The molecule has 0 unspecified atom stereocenters. The number of amides is 2. The zero-order valence-electron chi connectivity index (χ0n) is 25.1. The Hall–Kier alpha value is -3.07. The lowest BCUT2D eigenvalue weighted by atomic mass is 10.2. The van der Waals surface area contributed by atoms with Crippen LogP contribution < -0.4 is 21.3 Å². The number of hydrogen-bond acceptors (Lipinski definition) is 10. The normalized spacial score (nSPS) is 15.1. The molecule has 2 amide bonds. The van der Waals surface area contributed by atoms with Gasteiger partial charge in [0, 0.05) is 52.4 Å². The minimum Gasteiger partial charge on any atom is -0.444 e. The van der Waals surface area contributed by atoms with Gasteiger partial charge in [-0.25, -0.2) is 19.8 Å². The third kappa shape index (κ3) is 13.3. The summed E-state index contributed by atoms with van der Waals surface area (Å²) in [5, 5.41) is 15.0. The van der Waals surface area contributed by atoms with Crippen LogP contribution in [0.15, 0.2) is 22.0 Å². The number of nitrogens with one attached hydrogen (secondary N) is 3. The zero-order valence-corrected chi connectivity index (χ0v) is 27.4. The summed E-state index contributed by atoms with van der Waals surface area (Å²) in [4.78, 5) is 50.7. The van der Waals surface area contributed by atoms with Gasteiger partial charge in [-0.3, -0.25) is 9.59 Å². The topological polar surface area (TPSA) is 166 Å². The summed E-state index contributed by atoms with van der Waals surface area (Å²) >= 11 is 16.7. The standard InChI is InChI=1S/C13H19ClN4O3.C9H18N2O2.C4H2Cl2N2O.CH4/c1-13(2,3)21-12(20)18-6-4-17(5-7-18)9-8-15-16-11(19)10(9)14;1-9(2,3)13-8(12)11-6-4-10-5-7-11;5-2-1-7-8-4(9)3(2)6;/h8H,4-7H2,1-3H3,(H,16,19);10H,4-7H2,1-3H3;1H,(H,8,9);1H4. The Morgan fingerprint density at radius 2 is 1.16 bits per heavy atom. The van der Waals surface area contributed by atoms with Gasteiger partial charge in [0.15, 0.2) is 0 Å². The monoisotopic (exact) mass is 680 g/mol. The van der Waals surface area contributed by atoms with Crippen molar-refractivity contribution in [3.63, 3.8) is 0 Å². The van der Waals surface area contributed by atoms with E-state index in [-0.39, 0.29) is 40.3 Å². The maximum Gasteiger partial charge on any atom is 0.410 e. The lowest BCUT2D eigenvalue weighted by molar-refractivity contribution is 0.0223. The van der Waals surface area contributed by atoms with Crippen LogP contribution in [-0.4, -0.2) is 106 Å². The number of carbonyl (C=O) groups is 2. The largest absolute Gasteiger partial charge is 0.444 e. The number of rotatable bonds is 1. The molecule has 17 heteroatoms. The zero-order chi connectivity index (χ0) is 32.4. The SMILES string of the molecule is C.CC(C)(C)OC(=O)N1CCN(c2cn[nH]c(=O)c2Cl)CC1.CC(C)(C)OC(=O)N1CCNCC1.O=c1[nH]ncc(Cl)c1Cl. The molecule has 3 N–H and O–H groups in total. The smallest absolute Gasteiger partial charge is 0.410 e. The summed E-state index contributed by atoms with van der Waals surface area (Å²) < 4.78 is 10.6. The van der Waals surface area contributed by atoms with Crippen molar-refractivity contribution in [1.29, 1.82) is 0 Å². The maximum atomic E-state index is 12.0. The molecule has 44 heavy (non-hydrogen) atoms. The van der Waals surface area contributed by atoms with Gasteiger partial charge in [-0.15, -0.1) is 0 Å². The van der Waals surface area contributed by atoms with E-state index in [2.05, 4.69) is 25.7 Å². The first-order chi connectivity index (χ1) is 20.0. The molecule has 0 aliphatic carbocycles. The van der Waals surface area contributed by atoms with Gasteiger partial charge in [-0.1, -0.05) is 42.2 Å². The van der Waals surface area contributed by atoms with E-state index in [9.17, 15) is 19.2 Å². The highest BCUT2D eigenvalue weighted by Crippen LogP contribution is 2.22. The second-order valence-electron chi connectivity index (χ2n) is 11.4. The second-order valence-corrected chi connectivity index (χ2v) is 12.6. The molecular formula is C27H43Cl3N8O6. The highest BCUT2D eigenvalue weighted by molar-refractivity contribution is 6.41. The fourth-order valence-corrected chi connectivity index (χ4v) is 4.02. The van der Waals surface area contributed by atoms with Crippen LogP contribution in [0.25, 0.3) is 0 Å². The Kier molecular flexibility index (Phi) is 15.4. The first-order valence-corrected chi connectivity index (χ1v) is 14.7. The Morgan fingerprint density at radius 1 is 0.727 bits per heavy atom. The van der Waals surface area contributed by atoms with Crippen molar-refractivity contribution in [2.75, 3.05) is 57.3 Å². The molecule has 2 aliphatic heterocycles. The molecule has 0 atom stereocenters. The number of piperazine rings is 2. The van der Waals surface area contributed by atoms with E-state index < -0.39 is 16.7 Å². The van der Waals surface area contributed by atoms with Crippen molar-refractivity contribution in [2.24, 2.45) is 0 Å². The minimum atomic E-state index is -0.506. The number of nitrogens with zero attached hydrogens (tertiary/aromatic N) is 5. The fourth-order valence-electron chi connectivity index (χ4n) is 3.59. The number of carbonyl (C=O) groups excluding carboxylic acids is 2. The van der Waals surface area contributed by atoms with Gasteiger partial charge in [-0.2, -0.15) is 10.2 Å². The van der Waals surface area contributed by atoms with E-state index in [1.54, 1.807) is 9.80 Å². The molecule has 0 bridgehead atoms. The van der Waals surface area contributed by atoms with Crippen LogP contribution in [0.5, 0.6) is 0 Å². The molecule has 0 spiro atoms. The number of hydrogen-bond donors (Lipinski definition) is 3. The van der Waals surface area contributed by atoms with Crippen molar-refractivity contribution in [1.82, 2.24) is 35.5 Å². The highest BCUT2D eigenvalue weighted by atomic mass is 35.5. The van der Waals surface area contributed by atoms with E-state index in [0.717, 1.165) is 26.2 Å². The first kappa shape index (κ1) is 39.0. The maximum absolute atomic E-state index is 12.0. The predicted molar refractivity (Wildman–Crippen MR) is 172 cm³/mol. The second kappa shape index (κ2) is 17.4. The van der Waals surface area contributed by atoms with Crippen molar-refractivity contribution in [2.45, 2.75) is 60.2 Å². The van der Waals surface area contributed by atoms with E-state index in [4.69, 9.17) is 44.3 Å². The van der Waals surface area contributed by atoms with Gasteiger partial charge in [0.25, 0.3) is 11.1 Å². The molecule has 4 heterocycles. The average Bonchev–Trinajstić information content (AvgIpc) is 2.93. The number of aromatic amines is 2. The summed E-state index contributed by atoms with van der Waals surface area (Å²) in [6, 6.07) is 0. The van der Waals surface area contributed by atoms with Gasteiger partial charge in [-0.05, 0) is 41.5 Å². The molecule has 0 saturated carbocycles. The van der Waals surface area contributed by atoms with Crippen molar-refractivity contribution in [3.8, 4) is 0 Å². The van der Waals surface area contributed by atoms with Crippen LogP contribution in [-0.2, 0) is 9.47 Å². The molecule has 14 nitrogen and oxygen atoms in total. The van der Waals surface area contributed by atoms with Crippen molar-refractivity contribution in [3.05, 3.63) is 48.2 Å². The van der Waals surface area contributed by atoms with Crippen LogP contribution in [0.4, 0.5) is 15.3 Å². The van der Waals surface area contributed by atoms with E-state index in [1.165, 1.54) is 12.4 Å². The molecular weight excluding hydrogens is 639 g/mol. The summed E-state index contributed by atoms with van der Waals surface area (Å²) in [6.07, 6.45) is 2.27. The van der Waals surface area contributed by atoms with Gasteiger partial charge in [0.2, 0.25) is 0 Å². The molecule has 2 fully saturated rings. The minimum absolute atomic E-state index is 0. The van der Waals surface area contributed by atoms with Crippen LogP contribution in [0.3, 0.4) is 0 Å². The van der Waals surface area contributed by atoms with E-state index in [1.807, 2.05) is 46.4 Å². The highest BCUT2D eigenvalue weighted by Gasteiger charge is 2.27. The molecule has 0 radical (unpaired) electrons. The number of aromatic nitrogens is 4. The number of H-pyrrole nitrogens is 2. The fraction of sp³-hybridized carbons (Fsp3) is 0.630. The van der Waals surface area contributed by atoms with Crippen molar-refractivity contribution >= 4 is 52.7 Å². The molecule has 4 rings (SSSR count). The van der Waals surface area contributed by atoms with Gasteiger partial charge in [0.1, 0.15) is 21.2 Å². The summed E-state index contributed by atoms with van der Waals surface area (Å²) in [5.41, 5.74) is -1.19. The van der Waals surface area contributed by atoms with Crippen molar-refractivity contribution < 1.29 is 19.1 Å². The van der Waals surface area contributed by atoms with Gasteiger partial charge in [0.05, 0.1) is 23.1 Å². The number of halogens is 3. The lowest BCUT2D eigenvalue weighted by Gasteiger charge is -2.36. The quantitative estimate of drug-likeness (QED) is 0.400.